The van der Waals surface area contributed by atoms with E-state index in [9.17, 15) is 4.79 Å². The molecule has 17 heavy (non-hydrogen) atoms. The van der Waals surface area contributed by atoms with Gasteiger partial charge < -0.3 is 20.5 Å². The van der Waals surface area contributed by atoms with Gasteiger partial charge in [-0.3, -0.25) is 4.79 Å². The smallest absolute Gasteiger partial charge is 0.237 e. The van der Waals surface area contributed by atoms with Gasteiger partial charge in [-0.25, -0.2) is 0 Å². The molecule has 0 aromatic heterocycles. The molecule has 0 fully saturated rings. The number of likely N-dealkylation sites (N-methyl/N-ethyl adjacent to an activating group) is 1. The van der Waals surface area contributed by atoms with E-state index in [-0.39, 0.29) is 5.91 Å². The van der Waals surface area contributed by atoms with Gasteiger partial charge >= 0.3 is 0 Å². The predicted octanol–water partition coefficient (Wildman–Crippen LogP) is 0.673. The van der Waals surface area contributed by atoms with Gasteiger partial charge in [0.2, 0.25) is 5.91 Å². The highest BCUT2D eigenvalue weighted by molar-refractivity contribution is 5.84. The van der Waals surface area contributed by atoms with Crippen LogP contribution in [0.2, 0.25) is 0 Å². The number of carbonyl (C=O) groups is 1. The van der Waals surface area contributed by atoms with Crippen molar-refractivity contribution in [2.24, 2.45) is 5.73 Å². The third-order valence-electron chi connectivity index (χ3n) is 2.86. The van der Waals surface area contributed by atoms with Crippen molar-refractivity contribution in [3.8, 4) is 0 Å². The molecular formula is C12H26N2O3. The average molecular weight is 246 g/mol. The summed E-state index contributed by atoms with van der Waals surface area (Å²) in [5, 5.41) is 2.91. The molecule has 5 nitrogen and oxygen atoms in total. The van der Waals surface area contributed by atoms with E-state index in [2.05, 4.69) is 12.2 Å². The zero-order chi connectivity index (χ0) is 13.1. The van der Waals surface area contributed by atoms with Gasteiger partial charge in [-0.05, 0) is 26.8 Å². The van der Waals surface area contributed by atoms with Crippen molar-refractivity contribution in [3.63, 3.8) is 0 Å². The molecule has 0 aliphatic carbocycles. The standard InChI is InChI=1S/C12H26N2O3/c1-4-5-7-16-9-10-17-8-6-12(2,14-3)11(13)15/h14H,4-10H2,1-3H3,(H2,13,15). The van der Waals surface area contributed by atoms with Gasteiger partial charge in [-0.1, -0.05) is 13.3 Å². The van der Waals surface area contributed by atoms with E-state index in [1.165, 1.54) is 0 Å². The van der Waals surface area contributed by atoms with Gasteiger partial charge in [0, 0.05) is 13.2 Å². The van der Waals surface area contributed by atoms with Crippen LogP contribution in [0.4, 0.5) is 0 Å². The molecule has 0 spiro atoms. The first kappa shape index (κ1) is 16.4. The van der Waals surface area contributed by atoms with Crippen molar-refractivity contribution in [1.29, 1.82) is 0 Å². The number of rotatable bonds is 11. The Kier molecular flexibility index (Phi) is 9.03. The summed E-state index contributed by atoms with van der Waals surface area (Å²) in [6, 6.07) is 0. The predicted molar refractivity (Wildman–Crippen MR) is 67.8 cm³/mol. The Labute approximate surface area is 104 Å². The molecule has 0 bridgehead atoms. The summed E-state index contributed by atoms with van der Waals surface area (Å²) in [5.41, 5.74) is 4.60. The van der Waals surface area contributed by atoms with Gasteiger partial charge in [-0.2, -0.15) is 0 Å². The highest BCUT2D eigenvalue weighted by Crippen LogP contribution is 2.07. The maximum atomic E-state index is 11.2. The number of ether oxygens (including phenoxy) is 2. The number of amides is 1. The van der Waals surface area contributed by atoms with Crippen molar-refractivity contribution in [1.82, 2.24) is 5.32 Å². The van der Waals surface area contributed by atoms with E-state index >= 15 is 0 Å². The topological polar surface area (TPSA) is 73.6 Å². The van der Waals surface area contributed by atoms with Crippen molar-refractivity contribution in [3.05, 3.63) is 0 Å². The molecule has 1 amide bonds. The number of nitrogens with one attached hydrogen (secondary N) is 1. The zero-order valence-corrected chi connectivity index (χ0v) is 11.3. The highest BCUT2D eigenvalue weighted by Gasteiger charge is 2.28. The van der Waals surface area contributed by atoms with Gasteiger partial charge in [0.25, 0.3) is 0 Å². The molecule has 0 aliphatic rings. The lowest BCUT2D eigenvalue weighted by Crippen LogP contribution is -2.52. The SMILES string of the molecule is CCCCOCCOCCC(C)(NC)C(N)=O. The summed E-state index contributed by atoms with van der Waals surface area (Å²) in [4.78, 5) is 11.2. The van der Waals surface area contributed by atoms with Crippen LogP contribution in [-0.2, 0) is 14.3 Å². The number of primary amides is 1. The second kappa shape index (κ2) is 9.39. The van der Waals surface area contributed by atoms with Gasteiger partial charge in [-0.15, -0.1) is 0 Å². The van der Waals surface area contributed by atoms with Crippen LogP contribution in [0.1, 0.15) is 33.1 Å². The summed E-state index contributed by atoms with van der Waals surface area (Å²) in [6.07, 6.45) is 2.79. The maximum Gasteiger partial charge on any atom is 0.237 e. The second-order valence-corrected chi connectivity index (χ2v) is 4.27. The van der Waals surface area contributed by atoms with E-state index in [4.69, 9.17) is 15.2 Å². The molecular weight excluding hydrogens is 220 g/mol. The largest absolute Gasteiger partial charge is 0.379 e. The summed E-state index contributed by atoms with van der Waals surface area (Å²) in [5.74, 6) is -0.359. The Morgan fingerprint density at radius 1 is 1.24 bits per heavy atom. The molecule has 0 heterocycles. The zero-order valence-electron chi connectivity index (χ0n) is 11.3. The van der Waals surface area contributed by atoms with Gasteiger partial charge in [0.1, 0.15) is 0 Å². The Bertz CT molecular complexity index is 212. The van der Waals surface area contributed by atoms with Crippen LogP contribution in [0.25, 0.3) is 0 Å². The Hall–Kier alpha value is -0.650. The number of nitrogens with two attached hydrogens (primary N) is 1. The molecule has 0 saturated heterocycles. The summed E-state index contributed by atoms with van der Waals surface area (Å²) in [7, 11) is 1.72. The quantitative estimate of drug-likeness (QED) is 0.526. The molecule has 5 heteroatoms. The van der Waals surface area contributed by atoms with E-state index in [1.54, 1.807) is 14.0 Å². The van der Waals surface area contributed by atoms with Gasteiger partial charge in [0.05, 0.1) is 18.8 Å². The lowest BCUT2D eigenvalue weighted by Gasteiger charge is -2.25. The monoisotopic (exact) mass is 246 g/mol. The van der Waals surface area contributed by atoms with E-state index in [0.717, 1.165) is 19.4 Å². The van der Waals surface area contributed by atoms with Crippen LogP contribution in [0.5, 0.6) is 0 Å². The number of unbranched alkanes of at least 4 members (excludes halogenated alkanes) is 1. The van der Waals surface area contributed by atoms with Crippen LogP contribution < -0.4 is 11.1 Å². The average Bonchev–Trinajstić information content (AvgIpc) is 2.32. The summed E-state index contributed by atoms with van der Waals surface area (Å²) >= 11 is 0. The first-order valence-electron chi connectivity index (χ1n) is 6.21. The molecule has 0 rings (SSSR count). The molecule has 0 radical (unpaired) electrons. The van der Waals surface area contributed by atoms with Crippen molar-refractivity contribution in [2.75, 3.05) is 33.5 Å². The van der Waals surface area contributed by atoms with Gasteiger partial charge in [0.15, 0.2) is 0 Å². The van der Waals surface area contributed by atoms with Crippen LogP contribution in [0.15, 0.2) is 0 Å². The minimum Gasteiger partial charge on any atom is -0.379 e. The molecule has 0 saturated carbocycles. The highest BCUT2D eigenvalue weighted by atomic mass is 16.5. The minimum atomic E-state index is -0.691. The Morgan fingerprint density at radius 3 is 2.29 bits per heavy atom. The number of hydrogen-bond donors (Lipinski definition) is 2. The lowest BCUT2D eigenvalue weighted by molar-refractivity contribution is -0.124. The lowest BCUT2D eigenvalue weighted by atomic mass is 9.98. The van der Waals surface area contributed by atoms with E-state index < -0.39 is 5.54 Å². The normalized spacial score (nSPS) is 14.5. The van der Waals surface area contributed by atoms with Crippen LogP contribution in [0, 0.1) is 0 Å². The minimum absolute atomic E-state index is 0.359. The fraction of sp³-hybridized carbons (Fsp3) is 0.917. The maximum absolute atomic E-state index is 11.2. The Morgan fingerprint density at radius 2 is 1.82 bits per heavy atom. The van der Waals surface area contributed by atoms with Crippen molar-refractivity contribution in [2.45, 2.75) is 38.6 Å². The summed E-state index contributed by atoms with van der Waals surface area (Å²) in [6.45, 7) is 6.35. The van der Waals surface area contributed by atoms with E-state index in [0.29, 0.717) is 26.2 Å². The number of hydrogen-bond acceptors (Lipinski definition) is 4. The molecule has 0 aromatic carbocycles. The van der Waals surface area contributed by atoms with E-state index in [1.807, 2.05) is 0 Å². The molecule has 102 valence electrons. The molecule has 1 unspecified atom stereocenters. The Balaban J connectivity index is 3.47. The van der Waals surface area contributed by atoms with Crippen molar-refractivity contribution >= 4 is 5.91 Å². The second-order valence-electron chi connectivity index (χ2n) is 4.27. The van der Waals surface area contributed by atoms with Crippen molar-refractivity contribution < 1.29 is 14.3 Å². The molecule has 1 atom stereocenters. The first-order valence-corrected chi connectivity index (χ1v) is 6.21. The molecule has 3 N–H and O–H groups in total. The van der Waals surface area contributed by atoms with Crippen LogP contribution in [-0.4, -0.2) is 44.9 Å². The first-order chi connectivity index (χ1) is 8.06. The van der Waals surface area contributed by atoms with Crippen LogP contribution in [0.3, 0.4) is 0 Å². The molecule has 0 aliphatic heterocycles. The van der Waals surface area contributed by atoms with Crippen LogP contribution >= 0.6 is 0 Å². The summed E-state index contributed by atoms with van der Waals surface area (Å²) < 4.78 is 10.7. The number of carbonyl (C=O) groups excluding carboxylic acids is 1. The third-order valence-corrected chi connectivity index (χ3v) is 2.86. The third kappa shape index (κ3) is 7.31. The fourth-order valence-corrected chi connectivity index (χ4v) is 1.22. The fourth-order valence-electron chi connectivity index (χ4n) is 1.22. The molecule has 0 aromatic rings.